The third-order valence-corrected chi connectivity index (χ3v) is 4.77. The van der Waals surface area contributed by atoms with E-state index in [1.165, 1.54) is 0 Å². The molecule has 2 heterocycles. The van der Waals surface area contributed by atoms with Crippen LogP contribution in [0.25, 0.3) is 10.9 Å². The van der Waals surface area contributed by atoms with Crippen LogP contribution < -0.4 is 10.2 Å². The number of benzene rings is 1. The predicted molar refractivity (Wildman–Crippen MR) is 102 cm³/mol. The summed E-state index contributed by atoms with van der Waals surface area (Å²) in [5.41, 5.74) is 1.40. The Morgan fingerprint density at radius 2 is 1.88 bits per heavy atom. The third-order valence-electron chi connectivity index (χ3n) is 4.77. The number of aromatic carboxylic acids is 1. The highest BCUT2D eigenvalue weighted by atomic mass is 16.4. The van der Waals surface area contributed by atoms with Crippen LogP contribution in [0.1, 0.15) is 30.6 Å². The quantitative estimate of drug-likeness (QED) is 0.856. The number of aromatic nitrogens is 1. The maximum Gasteiger partial charge on any atom is 0.336 e. The molecule has 2 N–H and O–H groups in total. The molecule has 1 aromatic carbocycles. The minimum Gasteiger partial charge on any atom is -0.478 e. The Hall–Kier alpha value is -2.67. The smallest absolute Gasteiger partial charge is 0.336 e. The zero-order valence-corrected chi connectivity index (χ0v) is 15.2. The number of piperazine rings is 1. The number of likely N-dealkylation sites (N-methyl/N-ethyl adjacent to an activating group) is 1. The molecule has 0 radical (unpaired) electrons. The Bertz CT molecular complexity index is 829. The molecule has 7 heteroatoms. The molecule has 1 aromatic heterocycles. The van der Waals surface area contributed by atoms with E-state index in [1.807, 2.05) is 0 Å². The lowest BCUT2D eigenvalue weighted by Crippen LogP contribution is -2.46. The number of amides is 1. The molecule has 26 heavy (non-hydrogen) atoms. The molecule has 2 aromatic rings. The van der Waals surface area contributed by atoms with Gasteiger partial charge in [0.2, 0.25) is 5.91 Å². The standard InChI is InChI=1S/C19H24N4O3/c1-3-18(24)20-13-5-6-16-14(11-13)15(19(25)26)12-17(21-16)23-9-7-22(4-2)8-10-23/h5-6,11-12H,3-4,7-10H2,1-2H3,(H,20,24)(H,25,26). The average Bonchev–Trinajstić information content (AvgIpc) is 2.67. The van der Waals surface area contributed by atoms with E-state index < -0.39 is 5.97 Å². The molecule has 1 saturated heterocycles. The van der Waals surface area contributed by atoms with Crippen molar-refractivity contribution in [1.82, 2.24) is 9.88 Å². The van der Waals surface area contributed by atoms with Crippen molar-refractivity contribution >= 4 is 34.3 Å². The lowest BCUT2D eigenvalue weighted by atomic mass is 10.1. The molecular weight excluding hydrogens is 332 g/mol. The number of rotatable bonds is 5. The van der Waals surface area contributed by atoms with Gasteiger partial charge < -0.3 is 20.2 Å². The van der Waals surface area contributed by atoms with Gasteiger partial charge in [0.1, 0.15) is 5.82 Å². The van der Waals surface area contributed by atoms with Crippen molar-refractivity contribution in [1.29, 1.82) is 0 Å². The van der Waals surface area contributed by atoms with Gasteiger partial charge in [-0.2, -0.15) is 0 Å². The molecular formula is C19H24N4O3. The van der Waals surface area contributed by atoms with Crippen molar-refractivity contribution in [2.45, 2.75) is 20.3 Å². The summed E-state index contributed by atoms with van der Waals surface area (Å²) < 4.78 is 0. The van der Waals surface area contributed by atoms with Gasteiger partial charge in [-0.15, -0.1) is 0 Å². The Kier molecular flexibility index (Phi) is 5.37. The van der Waals surface area contributed by atoms with E-state index in [2.05, 4.69) is 27.0 Å². The second-order valence-corrected chi connectivity index (χ2v) is 6.39. The zero-order valence-electron chi connectivity index (χ0n) is 15.2. The average molecular weight is 356 g/mol. The number of carbonyl (C=O) groups excluding carboxylic acids is 1. The number of carboxylic acids is 1. The summed E-state index contributed by atoms with van der Waals surface area (Å²) >= 11 is 0. The van der Waals surface area contributed by atoms with Gasteiger partial charge in [0.05, 0.1) is 11.1 Å². The molecule has 7 nitrogen and oxygen atoms in total. The Labute approximate surface area is 152 Å². The monoisotopic (exact) mass is 356 g/mol. The Balaban J connectivity index is 1.96. The van der Waals surface area contributed by atoms with Crippen molar-refractivity contribution in [3.8, 4) is 0 Å². The minimum atomic E-state index is -0.996. The Morgan fingerprint density at radius 1 is 1.15 bits per heavy atom. The molecule has 1 aliphatic heterocycles. The maximum absolute atomic E-state index is 11.8. The molecule has 0 spiro atoms. The first-order valence-corrected chi connectivity index (χ1v) is 8.97. The number of pyridine rings is 1. The van der Waals surface area contributed by atoms with E-state index in [0.717, 1.165) is 32.7 Å². The van der Waals surface area contributed by atoms with E-state index in [-0.39, 0.29) is 11.5 Å². The van der Waals surface area contributed by atoms with Crippen molar-refractivity contribution < 1.29 is 14.7 Å². The summed E-state index contributed by atoms with van der Waals surface area (Å²) in [4.78, 5) is 32.5. The summed E-state index contributed by atoms with van der Waals surface area (Å²) in [6.45, 7) is 8.48. The molecule has 138 valence electrons. The van der Waals surface area contributed by atoms with Crippen LogP contribution in [0.2, 0.25) is 0 Å². The van der Waals surface area contributed by atoms with Crippen molar-refractivity contribution in [3.63, 3.8) is 0 Å². The fourth-order valence-corrected chi connectivity index (χ4v) is 3.17. The lowest BCUT2D eigenvalue weighted by molar-refractivity contribution is -0.115. The summed E-state index contributed by atoms with van der Waals surface area (Å²) in [6, 6.07) is 6.84. The number of anilines is 2. The number of hydrogen-bond donors (Lipinski definition) is 2. The van der Waals surface area contributed by atoms with Gasteiger partial charge >= 0.3 is 5.97 Å². The fourth-order valence-electron chi connectivity index (χ4n) is 3.17. The first-order chi connectivity index (χ1) is 12.5. The van der Waals surface area contributed by atoms with Crippen LogP contribution in [0, 0.1) is 0 Å². The summed E-state index contributed by atoms with van der Waals surface area (Å²) in [6.07, 6.45) is 0.366. The number of hydrogen-bond acceptors (Lipinski definition) is 5. The second-order valence-electron chi connectivity index (χ2n) is 6.39. The molecule has 0 aliphatic carbocycles. The minimum absolute atomic E-state index is 0.111. The van der Waals surface area contributed by atoms with E-state index in [4.69, 9.17) is 0 Å². The Morgan fingerprint density at radius 3 is 2.50 bits per heavy atom. The summed E-state index contributed by atoms with van der Waals surface area (Å²) in [5.74, 6) is -0.416. The lowest BCUT2D eigenvalue weighted by Gasteiger charge is -2.35. The van der Waals surface area contributed by atoms with E-state index >= 15 is 0 Å². The van der Waals surface area contributed by atoms with Gasteiger partial charge in [-0.1, -0.05) is 13.8 Å². The number of fused-ring (bicyclic) bond motifs is 1. The normalized spacial score (nSPS) is 15.2. The highest BCUT2D eigenvalue weighted by Gasteiger charge is 2.20. The molecule has 0 saturated carbocycles. The molecule has 1 fully saturated rings. The fraction of sp³-hybridized carbons (Fsp3) is 0.421. The van der Waals surface area contributed by atoms with E-state index in [1.54, 1.807) is 31.2 Å². The third kappa shape index (κ3) is 3.77. The van der Waals surface area contributed by atoms with E-state index in [9.17, 15) is 14.7 Å². The van der Waals surface area contributed by atoms with Crippen LogP contribution in [0.4, 0.5) is 11.5 Å². The number of carbonyl (C=O) groups is 2. The second kappa shape index (κ2) is 7.70. The molecule has 0 bridgehead atoms. The topological polar surface area (TPSA) is 85.8 Å². The highest BCUT2D eigenvalue weighted by molar-refractivity contribution is 6.05. The van der Waals surface area contributed by atoms with Crippen molar-refractivity contribution in [2.24, 2.45) is 0 Å². The van der Waals surface area contributed by atoms with Gasteiger partial charge in [0, 0.05) is 43.7 Å². The number of nitrogens with one attached hydrogen (secondary N) is 1. The highest BCUT2D eigenvalue weighted by Crippen LogP contribution is 2.26. The first kappa shape index (κ1) is 18.1. The van der Waals surface area contributed by atoms with Gasteiger partial charge in [-0.3, -0.25) is 4.79 Å². The van der Waals surface area contributed by atoms with Gasteiger partial charge in [-0.05, 0) is 30.8 Å². The predicted octanol–water partition coefficient (Wildman–Crippen LogP) is 2.42. The molecule has 3 rings (SSSR count). The summed E-state index contributed by atoms with van der Waals surface area (Å²) in [5, 5.41) is 13.0. The maximum atomic E-state index is 11.8. The molecule has 1 amide bonds. The largest absolute Gasteiger partial charge is 0.478 e. The van der Waals surface area contributed by atoms with Crippen LogP contribution in [0.15, 0.2) is 24.3 Å². The SMILES string of the molecule is CCC(=O)Nc1ccc2nc(N3CCN(CC)CC3)cc(C(=O)O)c2c1. The van der Waals surface area contributed by atoms with Crippen LogP contribution in [-0.2, 0) is 4.79 Å². The van der Waals surface area contributed by atoms with Crippen LogP contribution >= 0.6 is 0 Å². The first-order valence-electron chi connectivity index (χ1n) is 8.97. The number of carboxylic acid groups (broad SMARTS) is 1. The van der Waals surface area contributed by atoms with Gasteiger partial charge in [0.15, 0.2) is 0 Å². The summed E-state index contributed by atoms with van der Waals surface area (Å²) in [7, 11) is 0. The van der Waals surface area contributed by atoms with Gasteiger partial charge in [0.25, 0.3) is 0 Å². The molecule has 0 atom stereocenters. The van der Waals surface area contributed by atoms with Crippen LogP contribution in [-0.4, -0.2) is 59.6 Å². The van der Waals surface area contributed by atoms with Crippen LogP contribution in [0.3, 0.4) is 0 Å². The van der Waals surface area contributed by atoms with E-state index in [0.29, 0.717) is 28.8 Å². The van der Waals surface area contributed by atoms with Crippen molar-refractivity contribution in [2.75, 3.05) is 42.9 Å². The zero-order chi connectivity index (χ0) is 18.7. The number of nitrogens with zero attached hydrogens (tertiary/aromatic N) is 3. The molecule has 1 aliphatic rings. The van der Waals surface area contributed by atoms with Gasteiger partial charge in [-0.25, -0.2) is 9.78 Å². The van der Waals surface area contributed by atoms with Crippen LogP contribution in [0.5, 0.6) is 0 Å². The molecule has 0 unspecified atom stereocenters. The van der Waals surface area contributed by atoms with Crippen molar-refractivity contribution in [3.05, 3.63) is 29.8 Å².